The van der Waals surface area contributed by atoms with Gasteiger partial charge in [-0.2, -0.15) is 18.3 Å². The molecule has 1 aromatic rings. The summed E-state index contributed by atoms with van der Waals surface area (Å²) < 4.78 is 38.2. The second-order valence-corrected chi connectivity index (χ2v) is 2.88. The van der Waals surface area contributed by atoms with Crippen LogP contribution in [0.5, 0.6) is 0 Å². The maximum absolute atomic E-state index is 12.4. The molecule has 7 heteroatoms. The molecule has 1 rings (SSSR count). The van der Waals surface area contributed by atoms with Crippen molar-refractivity contribution in [2.45, 2.75) is 19.2 Å². The summed E-state index contributed by atoms with van der Waals surface area (Å²) in [6, 6.07) is 0. The summed E-state index contributed by atoms with van der Waals surface area (Å²) in [5, 5.41) is 3.31. The van der Waals surface area contributed by atoms with Crippen LogP contribution in [0.1, 0.15) is 24.3 Å². The van der Waals surface area contributed by atoms with Gasteiger partial charge in [0.25, 0.3) is 0 Å². The molecular weight excluding hydrogens is 199 g/mol. The van der Waals surface area contributed by atoms with Crippen molar-refractivity contribution in [2.75, 3.05) is 0 Å². The Hall–Kier alpha value is -1.08. The Balaban J connectivity index is 3.16. The van der Waals surface area contributed by atoms with Crippen molar-refractivity contribution in [3.8, 4) is 0 Å². The van der Waals surface area contributed by atoms with Gasteiger partial charge in [-0.1, -0.05) is 0 Å². The minimum Gasteiger partial charge on any atom is -0.297 e. The van der Waals surface area contributed by atoms with Gasteiger partial charge in [0.15, 0.2) is 5.69 Å². The van der Waals surface area contributed by atoms with E-state index < -0.39 is 18.0 Å². The Kier molecular flexibility index (Phi) is 2.81. The summed E-state index contributed by atoms with van der Waals surface area (Å²) in [6.07, 6.45) is -4.08. The van der Waals surface area contributed by atoms with Gasteiger partial charge in [0.1, 0.15) is 6.10 Å². The van der Waals surface area contributed by atoms with Gasteiger partial charge in [-0.3, -0.25) is 9.52 Å². The van der Waals surface area contributed by atoms with Gasteiger partial charge < -0.3 is 0 Å². The summed E-state index contributed by atoms with van der Waals surface area (Å²) in [6.45, 7) is 1.42. The first-order chi connectivity index (χ1) is 6.36. The molecular formula is C7H10F3N3O. The molecule has 0 amide bonds. The average Bonchev–Trinajstić information content (AvgIpc) is 2.45. The van der Waals surface area contributed by atoms with Gasteiger partial charge in [0.05, 0.1) is 0 Å². The molecule has 4 nitrogen and oxygen atoms in total. The van der Waals surface area contributed by atoms with Crippen molar-refractivity contribution in [3.05, 3.63) is 17.5 Å². The second-order valence-electron chi connectivity index (χ2n) is 2.88. The van der Waals surface area contributed by atoms with Crippen LogP contribution < -0.4 is 5.90 Å². The largest absolute Gasteiger partial charge is 0.435 e. The molecule has 0 aliphatic rings. The molecule has 1 atom stereocenters. The van der Waals surface area contributed by atoms with Crippen LogP contribution in [0.25, 0.3) is 0 Å². The summed E-state index contributed by atoms with van der Waals surface area (Å²) in [4.78, 5) is 4.33. The lowest BCUT2D eigenvalue weighted by Gasteiger charge is -2.10. The molecule has 0 bridgehead atoms. The molecule has 14 heavy (non-hydrogen) atoms. The number of aryl methyl sites for hydroxylation is 1. The number of nitrogens with two attached hydrogens (primary N) is 1. The molecule has 0 saturated carbocycles. The van der Waals surface area contributed by atoms with E-state index >= 15 is 0 Å². The highest BCUT2D eigenvalue weighted by Crippen LogP contribution is 2.33. The molecule has 0 saturated heterocycles. The third-order valence-electron chi connectivity index (χ3n) is 1.77. The molecule has 0 fully saturated rings. The van der Waals surface area contributed by atoms with Crippen molar-refractivity contribution in [3.63, 3.8) is 0 Å². The minimum atomic E-state index is -4.48. The van der Waals surface area contributed by atoms with E-state index in [-0.39, 0.29) is 5.56 Å². The summed E-state index contributed by atoms with van der Waals surface area (Å²) in [7, 11) is 1.40. The lowest BCUT2D eigenvalue weighted by atomic mass is 10.1. The number of nitrogens with zero attached hydrogens (tertiary/aromatic N) is 2. The minimum absolute atomic E-state index is 0.0671. The smallest absolute Gasteiger partial charge is 0.297 e. The number of aromatic nitrogens is 2. The molecule has 0 radical (unpaired) electrons. The van der Waals surface area contributed by atoms with Crippen LogP contribution >= 0.6 is 0 Å². The lowest BCUT2D eigenvalue weighted by Crippen LogP contribution is -2.13. The Morgan fingerprint density at radius 3 is 2.57 bits per heavy atom. The van der Waals surface area contributed by atoms with Crippen LogP contribution in [-0.4, -0.2) is 9.78 Å². The molecule has 1 unspecified atom stereocenters. The van der Waals surface area contributed by atoms with E-state index in [1.807, 2.05) is 0 Å². The zero-order chi connectivity index (χ0) is 10.9. The fraction of sp³-hybridized carbons (Fsp3) is 0.571. The van der Waals surface area contributed by atoms with E-state index in [0.29, 0.717) is 0 Å². The topological polar surface area (TPSA) is 53.1 Å². The fourth-order valence-electron chi connectivity index (χ4n) is 1.10. The number of hydrogen-bond acceptors (Lipinski definition) is 3. The van der Waals surface area contributed by atoms with Gasteiger partial charge in [0.2, 0.25) is 0 Å². The first-order valence-corrected chi connectivity index (χ1v) is 3.82. The van der Waals surface area contributed by atoms with Crippen LogP contribution in [0, 0.1) is 0 Å². The molecule has 1 heterocycles. The maximum Gasteiger partial charge on any atom is 0.435 e. The van der Waals surface area contributed by atoms with Gasteiger partial charge in [-0.05, 0) is 6.92 Å². The van der Waals surface area contributed by atoms with Gasteiger partial charge >= 0.3 is 6.18 Å². The monoisotopic (exact) mass is 209 g/mol. The number of rotatable bonds is 2. The molecule has 0 aliphatic carbocycles. The predicted molar refractivity (Wildman–Crippen MR) is 41.9 cm³/mol. The van der Waals surface area contributed by atoms with Crippen molar-refractivity contribution >= 4 is 0 Å². The van der Waals surface area contributed by atoms with Crippen molar-refractivity contribution in [2.24, 2.45) is 12.9 Å². The van der Waals surface area contributed by atoms with Gasteiger partial charge in [-0.25, -0.2) is 5.90 Å². The molecule has 1 aromatic heterocycles. The third kappa shape index (κ3) is 2.05. The van der Waals surface area contributed by atoms with Crippen molar-refractivity contribution in [1.29, 1.82) is 0 Å². The molecule has 0 aromatic carbocycles. The Morgan fingerprint density at radius 2 is 2.14 bits per heavy atom. The highest BCUT2D eigenvalue weighted by atomic mass is 19.4. The number of alkyl halides is 3. The molecule has 80 valence electrons. The summed E-state index contributed by atoms with van der Waals surface area (Å²) >= 11 is 0. The highest BCUT2D eigenvalue weighted by Gasteiger charge is 2.38. The molecule has 2 N–H and O–H groups in total. The lowest BCUT2D eigenvalue weighted by molar-refractivity contribution is -0.143. The first kappa shape index (κ1) is 11.0. The zero-order valence-electron chi connectivity index (χ0n) is 7.67. The van der Waals surface area contributed by atoms with E-state index in [0.717, 1.165) is 4.68 Å². The van der Waals surface area contributed by atoms with Crippen LogP contribution in [0.15, 0.2) is 6.20 Å². The quantitative estimate of drug-likeness (QED) is 0.749. The van der Waals surface area contributed by atoms with Crippen LogP contribution in [0.2, 0.25) is 0 Å². The van der Waals surface area contributed by atoms with E-state index in [2.05, 4.69) is 9.94 Å². The van der Waals surface area contributed by atoms with Crippen LogP contribution in [0.3, 0.4) is 0 Å². The Labute approximate surface area is 78.4 Å². The van der Waals surface area contributed by atoms with Gasteiger partial charge in [-0.15, -0.1) is 0 Å². The summed E-state index contributed by atoms with van der Waals surface area (Å²) in [5.41, 5.74) is -1.03. The number of halogens is 3. The van der Waals surface area contributed by atoms with E-state index in [1.54, 1.807) is 0 Å². The van der Waals surface area contributed by atoms with Crippen LogP contribution in [-0.2, 0) is 18.1 Å². The maximum atomic E-state index is 12.4. The van der Waals surface area contributed by atoms with E-state index in [9.17, 15) is 13.2 Å². The SMILES string of the molecule is CC(ON)c1cn(C)nc1C(F)(F)F. The summed E-state index contributed by atoms with van der Waals surface area (Å²) in [5.74, 6) is 4.82. The predicted octanol–water partition coefficient (Wildman–Crippen LogP) is 1.39. The standard InChI is InChI=1S/C7H10F3N3O/c1-4(14-11)5-3-13(2)12-6(5)7(8,9)10/h3-4H,11H2,1-2H3. The highest BCUT2D eigenvalue weighted by molar-refractivity contribution is 5.22. The Bertz CT molecular complexity index is 320. The van der Waals surface area contributed by atoms with Crippen LogP contribution in [0.4, 0.5) is 13.2 Å². The second kappa shape index (κ2) is 3.58. The van der Waals surface area contributed by atoms with E-state index in [4.69, 9.17) is 5.90 Å². The normalized spacial score (nSPS) is 14.4. The molecule has 0 spiro atoms. The van der Waals surface area contributed by atoms with Crippen molar-refractivity contribution in [1.82, 2.24) is 9.78 Å². The average molecular weight is 209 g/mol. The first-order valence-electron chi connectivity index (χ1n) is 3.82. The number of hydrogen-bond donors (Lipinski definition) is 1. The van der Waals surface area contributed by atoms with E-state index in [1.165, 1.54) is 20.2 Å². The zero-order valence-corrected chi connectivity index (χ0v) is 7.67. The fourth-order valence-corrected chi connectivity index (χ4v) is 1.10. The van der Waals surface area contributed by atoms with Crippen molar-refractivity contribution < 1.29 is 18.0 Å². The van der Waals surface area contributed by atoms with Gasteiger partial charge in [0, 0.05) is 18.8 Å². The Morgan fingerprint density at radius 1 is 1.57 bits per heavy atom. The third-order valence-corrected chi connectivity index (χ3v) is 1.77. The molecule has 0 aliphatic heterocycles.